The van der Waals surface area contributed by atoms with Crippen LogP contribution < -0.4 is 10.0 Å². The molecule has 146 valence electrons. The Balaban J connectivity index is 1.85. The van der Waals surface area contributed by atoms with Gasteiger partial charge in [-0.05, 0) is 42.8 Å². The molecule has 0 radical (unpaired) electrons. The first-order chi connectivity index (χ1) is 13.3. The molecule has 0 bridgehead atoms. The number of benzene rings is 2. The number of anilines is 2. The van der Waals surface area contributed by atoms with Crippen molar-refractivity contribution in [3.05, 3.63) is 71.0 Å². The summed E-state index contributed by atoms with van der Waals surface area (Å²) in [5.74, 6) is -0.0332. The maximum atomic E-state index is 12.7. The van der Waals surface area contributed by atoms with Gasteiger partial charge in [0, 0.05) is 23.3 Å². The number of aryl methyl sites for hydroxylation is 1. The Morgan fingerprint density at radius 1 is 1.14 bits per heavy atom. The van der Waals surface area contributed by atoms with Crippen LogP contribution in [0.15, 0.2) is 59.6 Å². The Bertz CT molecular complexity index is 1110. The van der Waals surface area contributed by atoms with Crippen LogP contribution in [-0.2, 0) is 21.4 Å². The molecular weight excluding hydrogens is 400 g/mol. The third kappa shape index (κ3) is 4.52. The number of sulfonamides is 1. The molecule has 2 N–H and O–H groups in total. The van der Waals surface area contributed by atoms with Gasteiger partial charge in [-0.3, -0.25) is 4.79 Å². The summed E-state index contributed by atoms with van der Waals surface area (Å²) in [6.07, 6.45) is 1.59. The molecule has 9 heteroatoms. The quantitative estimate of drug-likeness (QED) is 0.638. The molecule has 7 nitrogen and oxygen atoms in total. The molecule has 3 aromatic rings. The summed E-state index contributed by atoms with van der Waals surface area (Å²) in [6.45, 7) is 3.60. The number of carbonyl (C=O) groups is 1. The molecule has 0 fully saturated rings. The van der Waals surface area contributed by atoms with Gasteiger partial charge in [0.05, 0.1) is 17.6 Å². The van der Waals surface area contributed by atoms with Crippen molar-refractivity contribution in [2.75, 3.05) is 10.0 Å². The van der Waals surface area contributed by atoms with Crippen molar-refractivity contribution in [3.8, 4) is 0 Å². The lowest BCUT2D eigenvalue weighted by molar-refractivity contribution is -0.114. The fourth-order valence-corrected chi connectivity index (χ4v) is 3.85. The first kappa shape index (κ1) is 19.9. The average molecular weight is 419 g/mol. The fourth-order valence-electron chi connectivity index (χ4n) is 2.64. The van der Waals surface area contributed by atoms with E-state index in [9.17, 15) is 13.2 Å². The molecular formula is C19H19ClN4O3S. The number of carbonyl (C=O) groups excluding carboxylic acids is 1. The van der Waals surface area contributed by atoms with Crippen LogP contribution in [0.5, 0.6) is 0 Å². The van der Waals surface area contributed by atoms with E-state index in [0.29, 0.717) is 17.3 Å². The van der Waals surface area contributed by atoms with E-state index < -0.39 is 10.0 Å². The molecule has 1 amide bonds. The summed E-state index contributed by atoms with van der Waals surface area (Å²) in [6, 6.07) is 13.2. The summed E-state index contributed by atoms with van der Waals surface area (Å²) in [7, 11) is -3.85. The molecule has 1 heterocycles. The van der Waals surface area contributed by atoms with Gasteiger partial charge < -0.3 is 9.88 Å². The number of amides is 1. The topological polar surface area (TPSA) is 93.1 Å². The molecule has 0 saturated heterocycles. The van der Waals surface area contributed by atoms with E-state index in [1.54, 1.807) is 16.8 Å². The lowest BCUT2D eigenvalue weighted by Gasteiger charge is -2.13. The van der Waals surface area contributed by atoms with Gasteiger partial charge in [0.2, 0.25) is 11.9 Å². The molecule has 0 saturated carbocycles. The van der Waals surface area contributed by atoms with Crippen LogP contribution in [0, 0.1) is 6.92 Å². The second-order valence-corrected chi connectivity index (χ2v) is 8.30. The molecule has 3 rings (SSSR count). The van der Waals surface area contributed by atoms with Crippen LogP contribution in [0.3, 0.4) is 0 Å². The fraction of sp³-hybridized carbons (Fsp3) is 0.158. The van der Waals surface area contributed by atoms with Gasteiger partial charge in [-0.15, -0.1) is 0 Å². The number of rotatable bonds is 6. The van der Waals surface area contributed by atoms with Crippen LogP contribution in [0.4, 0.5) is 11.6 Å². The SMILES string of the molecule is CC(=O)Nc1ccc(S(=O)(=O)Nc2ncc(C)n2Cc2ccccc2Cl)cc1. The molecule has 0 unspecified atom stereocenters. The highest BCUT2D eigenvalue weighted by molar-refractivity contribution is 7.92. The van der Waals surface area contributed by atoms with Crippen molar-refractivity contribution in [1.82, 2.24) is 9.55 Å². The van der Waals surface area contributed by atoms with E-state index in [2.05, 4.69) is 15.0 Å². The molecule has 0 aliphatic rings. The Hall–Kier alpha value is -2.84. The summed E-state index contributed by atoms with van der Waals surface area (Å²) in [4.78, 5) is 15.3. The molecule has 2 aromatic carbocycles. The summed E-state index contributed by atoms with van der Waals surface area (Å²) in [5.41, 5.74) is 2.16. The van der Waals surface area contributed by atoms with Crippen molar-refractivity contribution < 1.29 is 13.2 Å². The second-order valence-electron chi connectivity index (χ2n) is 6.21. The zero-order valence-electron chi connectivity index (χ0n) is 15.3. The van der Waals surface area contributed by atoms with Crippen LogP contribution >= 0.6 is 11.6 Å². The van der Waals surface area contributed by atoms with Crippen LogP contribution in [-0.4, -0.2) is 23.9 Å². The van der Waals surface area contributed by atoms with Gasteiger partial charge >= 0.3 is 0 Å². The summed E-state index contributed by atoms with van der Waals surface area (Å²) >= 11 is 6.22. The van der Waals surface area contributed by atoms with Gasteiger partial charge in [-0.1, -0.05) is 29.8 Å². The molecule has 0 atom stereocenters. The number of aromatic nitrogens is 2. The monoisotopic (exact) mass is 418 g/mol. The number of hydrogen-bond donors (Lipinski definition) is 2. The minimum absolute atomic E-state index is 0.0616. The number of halogens is 1. The minimum atomic E-state index is -3.85. The molecule has 28 heavy (non-hydrogen) atoms. The second kappa shape index (κ2) is 8.04. The Labute approximate surface area is 168 Å². The van der Waals surface area contributed by atoms with Crippen LogP contribution in [0.1, 0.15) is 18.2 Å². The smallest absolute Gasteiger partial charge is 0.264 e. The van der Waals surface area contributed by atoms with Crippen molar-refractivity contribution in [2.45, 2.75) is 25.3 Å². The van der Waals surface area contributed by atoms with Gasteiger partial charge in [0.1, 0.15) is 0 Å². The first-order valence-corrected chi connectivity index (χ1v) is 10.3. The summed E-state index contributed by atoms with van der Waals surface area (Å²) in [5, 5.41) is 3.19. The highest BCUT2D eigenvalue weighted by Crippen LogP contribution is 2.22. The van der Waals surface area contributed by atoms with E-state index in [4.69, 9.17) is 11.6 Å². The van der Waals surface area contributed by atoms with Crippen LogP contribution in [0.25, 0.3) is 0 Å². The van der Waals surface area contributed by atoms with Gasteiger partial charge in [0.15, 0.2) is 0 Å². The number of imidazole rings is 1. The Morgan fingerprint density at radius 2 is 1.82 bits per heavy atom. The van der Waals surface area contributed by atoms with Crippen molar-refractivity contribution in [3.63, 3.8) is 0 Å². The molecule has 0 aliphatic carbocycles. The predicted octanol–water partition coefficient (Wildman–Crippen LogP) is 3.65. The summed E-state index contributed by atoms with van der Waals surface area (Å²) < 4.78 is 29.7. The van der Waals surface area contributed by atoms with Gasteiger partial charge in [0.25, 0.3) is 10.0 Å². The molecule has 0 spiro atoms. The first-order valence-electron chi connectivity index (χ1n) is 8.42. The molecule has 0 aliphatic heterocycles. The van der Waals surface area contributed by atoms with Crippen molar-refractivity contribution >= 4 is 39.2 Å². The largest absolute Gasteiger partial charge is 0.326 e. The minimum Gasteiger partial charge on any atom is -0.326 e. The number of hydrogen-bond acceptors (Lipinski definition) is 4. The molecule has 1 aromatic heterocycles. The Morgan fingerprint density at radius 3 is 2.46 bits per heavy atom. The van der Waals surface area contributed by atoms with Gasteiger partial charge in [-0.2, -0.15) is 0 Å². The third-order valence-corrected chi connectivity index (χ3v) is 5.76. The number of nitrogens with zero attached hydrogens (tertiary/aromatic N) is 2. The van der Waals surface area contributed by atoms with E-state index in [-0.39, 0.29) is 16.8 Å². The highest BCUT2D eigenvalue weighted by Gasteiger charge is 2.19. The zero-order chi connectivity index (χ0) is 20.3. The average Bonchev–Trinajstić information content (AvgIpc) is 2.96. The maximum absolute atomic E-state index is 12.7. The van der Waals surface area contributed by atoms with E-state index in [1.807, 2.05) is 25.1 Å². The predicted molar refractivity (Wildman–Crippen MR) is 109 cm³/mol. The zero-order valence-corrected chi connectivity index (χ0v) is 16.9. The lowest BCUT2D eigenvalue weighted by Crippen LogP contribution is -2.17. The maximum Gasteiger partial charge on any atom is 0.264 e. The van der Waals surface area contributed by atoms with Crippen LogP contribution in [0.2, 0.25) is 5.02 Å². The standard InChI is InChI=1S/C19H19ClN4O3S/c1-13-11-21-19(24(13)12-15-5-3-4-6-18(15)20)23-28(26,27)17-9-7-16(8-10-17)22-14(2)25/h3-11H,12H2,1-2H3,(H,21,23)(H,22,25). The van der Waals surface area contributed by atoms with Gasteiger partial charge in [-0.25, -0.2) is 18.1 Å². The van der Waals surface area contributed by atoms with E-state index in [0.717, 1.165) is 11.3 Å². The third-order valence-electron chi connectivity index (χ3n) is 4.05. The van der Waals surface area contributed by atoms with Crippen molar-refractivity contribution in [2.24, 2.45) is 0 Å². The van der Waals surface area contributed by atoms with Crippen molar-refractivity contribution in [1.29, 1.82) is 0 Å². The normalized spacial score (nSPS) is 11.2. The lowest BCUT2D eigenvalue weighted by atomic mass is 10.2. The Kier molecular flexibility index (Phi) is 5.71. The van der Waals surface area contributed by atoms with E-state index >= 15 is 0 Å². The highest BCUT2D eigenvalue weighted by atomic mass is 35.5. The van der Waals surface area contributed by atoms with E-state index in [1.165, 1.54) is 31.2 Å². The number of nitrogens with one attached hydrogen (secondary N) is 2.